The molecule has 0 N–H and O–H groups in total. The molecule has 8 nitrogen and oxygen atoms in total. The molecule has 144 valence electrons. The molecule has 0 bridgehead atoms. The molecule has 1 amide bonds. The van der Waals surface area contributed by atoms with E-state index in [1.54, 1.807) is 14.0 Å². The number of fused-ring (bicyclic) bond motifs is 1. The molecular formula is C19H17N3O5S. The lowest BCUT2D eigenvalue weighted by atomic mass is 10.1. The van der Waals surface area contributed by atoms with Crippen LogP contribution in [0.3, 0.4) is 0 Å². The summed E-state index contributed by atoms with van der Waals surface area (Å²) in [5.41, 5.74) is 0.513. The standard InChI is InChI=1S/C19H17N3O5S/c1-3-27-19(24)13-8-12(9-14(10-13)22(25)26)18(23)21(2)11-17-20-15-6-4-5-7-16(15)28-17/h4-10H,3,11H2,1-2H3. The van der Waals surface area contributed by atoms with Gasteiger partial charge in [-0.05, 0) is 25.1 Å². The molecule has 2 aromatic carbocycles. The van der Waals surface area contributed by atoms with Crippen LogP contribution >= 0.6 is 11.3 Å². The highest BCUT2D eigenvalue weighted by Gasteiger charge is 2.21. The lowest BCUT2D eigenvalue weighted by Gasteiger charge is -2.16. The molecule has 0 fully saturated rings. The molecular weight excluding hydrogens is 382 g/mol. The monoisotopic (exact) mass is 399 g/mol. The Labute approximate surface area is 164 Å². The minimum absolute atomic E-state index is 0.0345. The molecule has 0 radical (unpaired) electrons. The molecule has 0 spiro atoms. The van der Waals surface area contributed by atoms with Gasteiger partial charge in [0.15, 0.2) is 0 Å². The zero-order valence-electron chi connectivity index (χ0n) is 15.2. The van der Waals surface area contributed by atoms with Gasteiger partial charge >= 0.3 is 5.97 Å². The fourth-order valence-corrected chi connectivity index (χ4v) is 3.68. The lowest BCUT2D eigenvalue weighted by Crippen LogP contribution is -2.26. The number of benzene rings is 2. The van der Waals surface area contributed by atoms with Gasteiger partial charge < -0.3 is 9.64 Å². The highest BCUT2D eigenvalue weighted by molar-refractivity contribution is 7.18. The van der Waals surface area contributed by atoms with Crippen molar-refractivity contribution in [1.82, 2.24) is 9.88 Å². The largest absolute Gasteiger partial charge is 0.462 e. The van der Waals surface area contributed by atoms with Crippen LogP contribution in [0.5, 0.6) is 0 Å². The van der Waals surface area contributed by atoms with Gasteiger partial charge in [-0.15, -0.1) is 11.3 Å². The average Bonchev–Trinajstić information content (AvgIpc) is 3.09. The molecule has 0 saturated heterocycles. The first-order valence-corrected chi connectivity index (χ1v) is 9.27. The Morgan fingerprint density at radius 3 is 2.61 bits per heavy atom. The minimum Gasteiger partial charge on any atom is -0.462 e. The maximum Gasteiger partial charge on any atom is 0.338 e. The second-order valence-electron chi connectivity index (χ2n) is 5.98. The normalized spacial score (nSPS) is 10.6. The summed E-state index contributed by atoms with van der Waals surface area (Å²) < 4.78 is 5.90. The van der Waals surface area contributed by atoms with Gasteiger partial charge in [0.05, 0.1) is 33.9 Å². The number of ether oxygens (including phenoxy) is 1. The van der Waals surface area contributed by atoms with Crippen molar-refractivity contribution in [2.75, 3.05) is 13.7 Å². The summed E-state index contributed by atoms with van der Waals surface area (Å²) >= 11 is 1.47. The lowest BCUT2D eigenvalue weighted by molar-refractivity contribution is -0.384. The first-order chi connectivity index (χ1) is 13.4. The summed E-state index contributed by atoms with van der Waals surface area (Å²) in [5.74, 6) is -1.16. The zero-order chi connectivity index (χ0) is 20.3. The van der Waals surface area contributed by atoms with E-state index in [0.29, 0.717) is 0 Å². The number of hydrogen-bond acceptors (Lipinski definition) is 7. The smallest absolute Gasteiger partial charge is 0.338 e. The molecule has 3 aromatic rings. The van der Waals surface area contributed by atoms with Crippen molar-refractivity contribution in [2.45, 2.75) is 13.5 Å². The van der Waals surface area contributed by atoms with Crippen LogP contribution in [0, 0.1) is 10.1 Å². The van der Waals surface area contributed by atoms with E-state index in [-0.39, 0.29) is 30.0 Å². The van der Waals surface area contributed by atoms with Crippen LogP contribution in [0.2, 0.25) is 0 Å². The van der Waals surface area contributed by atoms with Gasteiger partial charge in [-0.1, -0.05) is 12.1 Å². The molecule has 0 aliphatic heterocycles. The predicted molar refractivity (Wildman–Crippen MR) is 104 cm³/mol. The Morgan fingerprint density at radius 1 is 1.21 bits per heavy atom. The number of amides is 1. The maximum atomic E-state index is 12.8. The molecule has 9 heteroatoms. The second kappa shape index (κ2) is 8.13. The average molecular weight is 399 g/mol. The quantitative estimate of drug-likeness (QED) is 0.356. The first kappa shape index (κ1) is 19.4. The van der Waals surface area contributed by atoms with Gasteiger partial charge in [-0.25, -0.2) is 9.78 Å². The van der Waals surface area contributed by atoms with E-state index < -0.39 is 16.8 Å². The van der Waals surface area contributed by atoms with Crippen LogP contribution in [0.15, 0.2) is 42.5 Å². The third kappa shape index (κ3) is 4.15. The Morgan fingerprint density at radius 2 is 1.93 bits per heavy atom. The summed E-state index contributed by atoms with van der Waals surface area (Å²) in [4.78, 5) is 41.2. The van der Waals surface area contributed by atoms with Crippen molar-refractivity contribution < 1.29 is 19.2 Å². The maximum absolute atomic E-state index is 12.8. The van der Waals surface area contributed by atoms with Crippen LogP contribution in [0.1, 0.15) is 32.6 Å². The molecule has 28 heavy (non-hydrogen) atoms. The number of hydrogen-bond donors (Lipinski definition) is 0. The number of nitrogens with zero attached hydrogens (tertiary/aromatic N) is 3. The SMILES string of the molecule is CCOC(=O)c1cc(C(=O)N(C)Cc2nc3ccccc3s2)cc([N+](=O)[O-])c1. The third-order valence-electron chi connectivity index (χ3n) is 3.94. The number of thiazole rings is 1. The molecule has 0 aliphatic carbocycles. The molecule has 0 saturated carbocycles. The number of nitro groups is 1. The van der Waals surface area contributed by atoms with Gasteiger partial charge in [-0.2, -0.15) is 0 Å². The summed E-state index contributed by atoms with van der Waals surface area (Å²) in [5, 5.41) is 11.9. The fourth-order valence-electron chi connectivity index (χ4n) is 2.65. The van der Waals surface area contributed by atoms with Crippen molar-refractivity contribution in [3.63, 3.8) is 0 Å². The Hall–Kier alpha value is -3.33. The molecule has 0 atom stereocenters. The van der Waals surface area contributed by atoms with Crippen LogP contribution in [0.4, 0.5) is 5.69 Å². The van der Waals surface area contributed by atoms with Crippen LogP contribution in [-0.2, 0) is 11.3 Å². The van der Waals surface area contributed by atoms with Crippen LogP contribution in [0.25, 0.3) is 10.2 Å². The van der Waals surface area contributed by atoms with Crippen molar-refractivity contribution in [3.05, 3.63) is 68.7 Å². The molecule has 1 heterocycles. The number of rotatable bonds is 6. The molecule has 0 unspecified atom stereocenters. The first-order valence-electron chi connectivity index (χ1n) is 8.45. The number of non-ortho nitro benzene ring substituents is 1. The Bertz CT molecular complexity index is 1030. The van der Waals surface area contributed by atoms with Crippen molar-refractivity contribution in [1.29, 1.82) is 0 Å². The van der Waals surface area contributed by atoms with Crippen molar-refractivity contribution in [2.24, 2.45) is 0 Å². The van der Waals surface area contributed by atoms with Gasteiger partial charge in [0, 0.05) is 24.7 Å². The molecule has 3 rings (SSSR count). The topological polar surface area (TPSA) is 103 Å². The number of aromatic nitrogens is 1. The fraction of sp³-hybridized carbons (Fsp3) is 0.211. The number of esters is 1. The number of carbonyl (C=O) groups is 2. The van der Waals surface area contributed by atoms with Crippen molar-refractivity contribution in [3.8, 4) is 0 Å². The van der Waals surface area contributed by atoms with Gasteiger partial charge in [0.25, 0.3) is 11.6 Å². The van der Waals surface area contributed by atoms with Gasteiger partial charge in [0.1, 0.15) is 5.01 Å². The molecule has 1 aromatic heterocycles. The number of nitro benzene ring substituents is 1. The van der Waals surface area contributed by atoms with E-state index in [4.69, 9.17) is 4.74 Å². The van der Waals surface area contributed by atoms with E-state index in [1.165, 1.54) is 22.3 Å². The summed E-state index contributed by atoms with van der Waals surface area (Å²) in [7, 11) is 1.58. The summed E-state index contributed by atoms with van der Waals surface area (Å²) in [6.45, 7) is 2.00. The third-order valence-corrected chi connectivity index (χ3v) is 4.97. The Balaban J connectivity index is 1.87. The number of carbonyl (C=O) groups excluding carboxylic acids is 2. The zero-order valence-corrected chi connectivity index (χ0v) is 16.1. The van der Waals surface area contributed by atoms with E-state index in [0.717, 1.165) is 27.4 Å². The van der Waals surface area contributed by atoms with Gasteiger partial charge in [-0.3, -0.25) is 14.9 Å². The van der Waals surface area contributed by atoms with E-state index in [9.17, 15) is 19.7 Å². The predicted octanol–water partition coefficient (Wildman–Crippen LogP) is 3.65. The highest BCUT2D eigenvalue weighted by Crippen LogP contribution is 2.24. The Kier molecular flexibility index (Phi) is 5.65. The van der Waals surface area contributed by atoms with Crippen molar-refractivity contribution >= 4 is 39.1 Å². The van der Waals surface area contributed by atoms with Crippen LogP contribution < -0.4 is 0 Å². The van der Waals surface area contributed by atoms with Gasteiger partial charge in [0.2, 0.25) is 0 Å². The highest BCUT2D eigenvalue weighted by atomic mass is 32.1. The minimum atomic E-state index is -0.714. The second-order valence-corrected chi connectivity index (χ2v) is 7.10. The summed E-state index contributed by atoms with van der Waals surface area (Å²) in [6, 6.07) is 11.2. The number of para-hydroxylation sites is 1. The van der Waals surface area contributed by atoms with E-state index >= 15 is 0 Å². The van der Waals surface area contributed by atoms with E-state index in [1.807, 2.05) is 24.3 Å². The van der Waals surface area contributed by atoms with E-state index in [2.05, 4.69) is 4.98 Å². The van der Waals surface area contributed by atoms with Crippen LogP contribution in [-0.4, -0.2) is 40.3 Å². The molecule has 0 aliphatic rings. The summed E-state index contributed by atoms with van der Waals surface area (Å²) in [6.07, 6.45) is 0.